The molecule has 5 heteroatoms. The van der Waals surface area contributed by atoms with Crippen LogP contribution in [0.1, 0.15) is 27.4 Å². The number of hydrogen-bond donors (Lipinski definition) is 0. The Kier molecular flexibility index (Phi) is 4.62. The summed E-state index contributed by atoms with van der Waals surface area (Å²) in [6.07, 6.45) is 0. The van der Waals surface area contributed by atoms with Gasteiger partial charge in [-0.25, -0.2) is 4.39 Å². The van der Waals surface area contributed by atoms with E-state index in [1.807, 2.05) is 6.07 Å². The molecule has 0 N–H and O–H groups in total. The second kappa shape index (κ2) is 6.26. The van der Waals surface area contributed by atoms with Crippen molar-refractivity contribution in [3.8, 4) is 6.07 Å². The van der Waals surface area contributed by atoms with Crippen molar-refractivity contribution in [3.05, 3.63) is 69.0 Å². The third-order valence-corrected chi connectivity index (χ3v) is 3.78. The average molecular weight is 322 g/mol. The molecule has 1 unspecified atom stereocenters. The predicted molar refractivity (Wildman–Crippen MR) is 80.3 cm³/mol. The summed E-state index contributed by atoms with van der Waals surface area (Å²) in [6, 6.07) is 10.6. The monoisotopic (exact) mass is 321 g/mol. The highest BCUT2D eigenvalue weighted by atomic mass is 35.5. The lowest BCUT2D eigenvalue weighted by molar-refractivity contribution is 0.0978. The number of nitriles is 1. The van der Waals surface area contributed by atoms with Gasteiger partial charge in [-0.05, 0) is 42.8 Å². The molecule has 0 aliphatic rings. The Morgan fingerprint density at radius 1 is 1.24 bits per heavy atom. The van der Waals surface area contributed by atoms with Gasteiger partial charge in [0.1, 0.15) is 11.7 Å². The van der Waals surface area contributed by atoms with Crippen LogP contribution in [0.4, 0.5) is 4.39 Å². The Hall–Kier alpha value is -1.89. The van der Waals surface area contributed by atoms with Crippen molar-refractivity contribution in [2.75, 3.05) is 0 Å². The minimum atomic E-state index is -1.13. The van der Waals surface area contributed by atoms with Crippen LogP contribution in [0.2, 0.25) is 10.0 Å². The summed E-state index contributed by atoms with van der Waals surface area (Å²) < 4.78 is 13.3. The summed E-state index contributed by atoms with van der Waals surface area (Å²) in [5.41, 5.74) is 0.856. The lowest BCUT2D eigenvalue weighted by Gasteiger charge is -2.12. The zero-order valence-electron chi connectivity index (χ0n) is 11.0. The highest BCUT2D eigenvalue weighted by molar-refractivity contribution is 6.36. The molecule has 0 amide bonds. The molecule has 0 saturated carbocycles. The maximum atomic E-state index is 13.3. The predicted octanol–water partition coefficient (Wildman–Crippen LogP) is 4.93. The van der Waals surface area contributed by atoms with Crippen LogP contribution in [0.25, 0.3) is 0 Å². The van der Waals surface area contributed by atoms with E-state index in [1.54, 1.807) is 25.1 Å². The maximum absolute atomic E-state index is 13.3. The van der Waals surface area contributed by atoms with E-state index < -0.39 is 17.5 Å². The second-order valence-corrected chi connectivity index (χ2v) is 5.34. The van der Waals surface area contributed by atoms with Gasteiger partial charge in [0.25, 0.3) is 0 Å². The van der Waals surface area contributed by atoms with E-state index in [0.29, 0.717) is 5.56 Å². The number of ketones is 1. The lowest BCUT2D eigenvalue weighted by Crippen LogP contribution is -2.12. The van der Waals surface area contributed by atoms with Crippen LogP contribution in [-0.2, 0) is 0 Å². The van der Waals surface area contributed by atoms with Gasteiger partial charge >= 0.3 is 0 Å². The van der Waals surface area contributed by atoms with Crippen molar-refractivity contribution in [1.29, 1.82) is 5.26 Å². The van der Waals surface area contributed by atoms with Crippen molar-refractivity contribution in [2.45, 2.75) is 12.8 Å². The van der Waals surface area contributed by atoms with Gasteiger partial charge < -0.3 is 0 Å². The molecule has 0 spiro atoms. The molecule has 2 aromatic rings. The molecule has 0 aliphatic carbocycles. The van der Waals surface area contributed by atoms with Gasteiger partial charge in [0.2, 0.25) is 0 Å². The van der Waals surface area contributed by atoms with Gasteiger partial charge in [0.15, 0.2) is 5.78 Å². The fourth-order valence-corrected chi connectivity index (χ4v) is 2.62. The molecule has 2 nitrogen and oxygen atoms in total. The van der Waals surface area contributed by atoms with Gasteiger partial charge in [0, 0.05) is 21.2 Å². The quantitative estimate of drug-likeness (QED) is 0.752. The largest absolute Gasteiger partial charge is 0.292 e. The van der Waals surface area contributed by atoms with Crippen LogP contribution in [0, 0.1) is 24.1 Å². The first-order valence-electron chi connectivity index (χ1n) is 6.09. The van der Waals surface area contributed by atoms with Crippen LogP contribution in [0.3, 0.4) is 0 Å². The van der Waals surface area contributed by atoms with E-state index >= 15 is 0 Å². The van der Waals surface area contributed by atoms with Crippen LogP contribution >= 0.6 is 23.2 Å². The molecule has 2 rings (SSSR count). The fourth-order valence-electron chi connectivity index (χ4n) is 2.01. The number of hydrogen-bond acceptors (Lipinski definition) is 2. The molecule has 0 fully saturated rings. The van der Waals surface area contributed by atoms with Crippen molar-refractivity contribution in [2.24, 2.45) is 0 Å². The zero-order valence-corrected chi connectivity index (χ0v) is 12.5. The molecule has 0 aromatic heterocycles. The Morgan fingerprint density at radius 2 is 1.86 bits per heavy atom. The summed E-state index contributed by atoms with van der Waals surface area (Å²) in [5.74, 6) is -2.00. The molecular formula is C16H10Cl2FNO. The Bertz CT molecular complexity index is 732. The van der Waals surface area contributed by atoms with E-state index in [2.05, 4.69) is 0 Å². The number of aryl methyl sites for hydroxylation is 1. The van der Waals surface area contributed by atoms with Gasteiger partial charge in [-0.15, -0.1) is 0 Å². The second-order valence-electron chi connectivity index (χ2n) is 4.53. The number of rotatable bonds is 3. The molecule has 2 aromatic carbocycles. The first kappa shape index (κ1) is 15.5. The number of Topliss-reactive ketones (excluding diaryl/α,β-unsaturated/α-hetero) is 1. The molecule has 1 atom stereocenters. The number of nitrogens with zero attached hydrogens (tertiary/aromatic N) is 1. The van der Waals surface area contributed by atoms with Crippen LogP contribution in [0.5, 0.6) is 0 Å². The average Bonchev–Trinajstić information content (AvgIpc) is 2.45. The first-order valence-corrected chi connectivity index (χ1v) is 6.85. The number of halogens is 3. The SMILES string of the molecule is Cc1cc(C(=O)C(C#N)c2c(Cl)cccc2Cl)ccc1F. The van der Waals surface area contributed by atoms with Crippen LogP contribution in [0.15, 0.2) is 36.4 Å². The highest BCUT2D eigenvalue weighted by Crippen LogP contribution is 2.33. The van der Waals surface area contributed by atoms with Gasteiger partial charge in [-0.3, -0.25) is 4.79 Å². The maximum Gasteiger partial charge on any atom is 0.184 e. The minimum absolute atomic E-state index is 0.247. The van der Waals surface area contributed by atoms with E-state index in [9.17, 15) is 14.4 Å². The van der Waals surface area contributed by atoms with Gasteiger partial charge in [0.05, 0.1) is 6.07 Å². The summed E-state index contributed by atoms with van der Waals surface area (Å²) in [5, 5.41) is 9.82. The van der Waals surface area contributed by atoms with Crippen molar-refractivity contribution >= 4 is 29.0 Å². The number of carbonyl (C=O) groups excluding carboxylic acids is 1. The van der Waals surface area contributed by atoms with Crippen molar-refractivity contribution < 1.29 is 9.18 Å². The third-order valence-electron chi connectivity index (χ3n) is 3.12. The Morgan fingerprint density at radius 3 is 2.38 bits per heavy atom. The minimum Gasteiger partial charge on any atom is -0.292 e. The molecule has 0 heterocycles. The number of benzene rings is 2. The van der Waals surface area contributed by atoms with E-state index in [0.717, 1.165) is 0 Å². The van der Waals surface area contributed by atoms with E-state index in [4.69, 9.17) is 23.2 Å². The summed E-state index contributed by atoms with van der Waals surface area (Å²) >= 11 is 12.1. The molecule has 0 aliphatic heterocycles. The Labute approximate surface area is 131 Å². The fraction of sp³-hybridized carbons (Fsp3) is 0.125. The normalized spacial score (nSPS) is 11.8. The lowest BCUT2D eigenvalue weighted by atomic mass is 9.91. The summed E-state index contributed by atoms with van der Waals surface area (Å²) in [6.45, 7) is 1.55. The third kappa shape index (κ3) is 3.07. The molecule has 0 saturated heterocycles. The molecular weight excluding hydrogens is 312 g/mol. The molecule has 106 valence electrons. The summed E-state index contributed by atoms with van der Waals surface area (Å²) in [7, 11) is 0. The number of carbonyl (C=O) groups is 1. The molecule has 0 bridgehead atoms. The Balaban J connectivity index is 2.49. The van der Waals surface area contributed by atoms with Crippen molar-refractivity contribution in [1.82, 2.24) is 0 Å². The van der Waals surface area contributed by atoms with E-state index in [1.165, 1.54) is 18.2 Å². The van der Waals surface area contributed by atoms with Crippen LogP contribution in [-0.4, -0.2) is 5.78 Å². The molecule has 21 heavy (non-hydrogen) atoms. The topological polar surface area (TPSA) is 40.9 Å². The zero-order chi connectivity index (χ0) is 15.6. The molecule has 0 radical (unpaired) electrons. The van der Waals surface area contributed by atoms with Gasteiger partial charge in [-0.2, -0.15) is 5.26 Å². The smallest absolute Gasteiger partial charge is 0.184 e. The highest BCUT2D eigenvalue weighted by Gasteiger charge is 2.26. The standard InChI is InChI=1S/C16H10Cl2FNO/c1-9-7-10(5-6-14(9)19)16(21)11(8-20)15-12(17)3-2-4-13(15)18/h2-7,11H,1H3. The van der Waals surface area contributed by atoms with Gasteiger partial charge in [-0.1, -0.05) is 29.3 Å². The van der Waals surface area contributed by atoms with Crippen molar-refractivity contribution in [3.63, 3.8) is 0 Å². The first-order chi connectivity index (χ1) is 9.95. The summed E-state index contributed by atoms with van der Waals surface area (Å²) in [4.78, 5) is 12.5. The van der Waals surface area contributed by atoms with E-state index in [-0.39, 0.29) is 21.2 Å². The van der Waals surface area contributed by atoms with Crippen LogP contribution < -0.4 is 0 Å².